The van der Waals surface area contributed by atoms with Gasteiger partial charge < -0.3 is 10.2 Å². The SMILES string of the molecule is CC(C)C(C)C(=O)N1CCC(NC2CCC2)CC1. The maximum absolute atomic E-state index is 12.2. The predicted molar refractivity (Wildman–Crippen MR) is 74.4 cm³/mol. The summed E-state index contributed by atoms with van der Waals surface area (Å²) < 4.78 is 0. The van der Waals surface area contributed by atoms with Crippen LogP contribution in [-0.2, 0) is 4.79 Å². The molecule has 1 saturated carbocycles. The van der Waals surface area contributed by atoms with Gasteiger partial charge in [0.25, 0.3) is 0 Å². The van der Waals surface area contributed by atoms with E-state index in [9.17, 15) is 4.79 Å². The van der Waals surface area contributed by atoms with Gasteiger partial charge in [0.05, 0.1) is 0 Å². The number of nitrogens with one attached hydrogen (secondary N) is 1. The Morgan fingerprint density at radius 1 is 1.06 bits per heavy atom. The Kier molecular flexibility index (Phi) is 4.66. The summed E-state index contributed by atoms with van der Waals surface area (Å²) >= 11 is 0. The lowest BCUT2D eigenvalue weighted by molar-refractivity contribution is -0.137. The van der Waals surface area contributed by atoms with Crippen LogP contribution in [0.15, 0.2) is 0 Å². The summed E-state index contributed by atoms with van der Waals surface area (Å²) in [7, 11) is 0. The monoisotopic (exact) mass is 252 g/mol. The molecule has 1 saturated heterocycles. The second kappa shape index (κ2) is 6.05. The maximum Gasteiger partial charge on any atom is 0.225 e. The lowest BCUT2D eigenvalue weighted by Gasteiger charge is -2.38. The summed E-state index contributed by atoms with van der Waals surface area (Å²) in [6.45, 7) is 8.22. The van der Waals surface area contributed by atoms with E-state index in [1.54, 1.807) is 0 Å². The Morgan fingerprint density at radius 3 is 2.06 bits per heavy atom. The third-order valence-corrected chi connectivity index (χ3v) is 4.77. The average Bonchev–Trinajstić information content (AvgIpc) is 2.32. The van der Waals surface area contributed by atoms with Crippen LogP contribution in [0.25, 0.3) is 0 Å². The topological polar surface area (TPSA) is 32.3 Å². The van der Waals surface area contributed by atoms with Gasteiger partial charge in [0.2, 0.25) is 5.91 Å². The average molecular weight is 252 g/mol. The van der Waals surface area contributed by atoms with Crippen molar-refractivity contribution in [2.75, 3.05) is 13.1 Å². The van der Waals surface area contributed by atoms with E-state index < -0.39 is 0 Å². The first kappa shape index (κ1) is 13.9. The minimum Gasteiger partial charge on any atom is -0.342 e. The summed E-state index contributed by atoms with van der Waals surface area (Å²) in [6, 6.07) is 1.42. The fourth-order valence-corrected chi connectivity index (χ4v) is 2.75. The van der Waals surface area contributed by atoms with Crippen molar-refractivity contribution < 1.29 is 4.79 Å². The van der Waals surface area contributed by atoms with Crippen LogP contribution in [0.1, 0.15) is 52.9 Å². The molecule has 18 heavy (non-hydrogen) atoms. The highest BCUT2D eigenvalue weighted by Gasteiger charge is 2.29. The van der Waals surface area contributed by atoms with Crippen molar-refractivity contribution in [3.63, 3.8) is 0 Å². The number of amides is 1. The fourth-order valence-electron chi connectivity index (χ4n) is 2.75. The fraction of sp³-hybridized carbons (Fsp3) is 0.933. The number of rotatable bonds is 4. The molecule has 1 N–H and O–H groups in total. The molecule has 0 aromatic rings. The van der Waals surface area contributed by atoms with Crippen LogP contribution in [0, 0.1) is 11.8 Å². The minimum atomic E-state index is 0.168. The van der Waals surface area contributed by atoms with Crippen LogP contribution in [-0.4, -0.2) is 36.0 Å². The van der Waals surface area contributed by atoms with Crippen molar-refractivity contribution in [1.29, 1.82) is 0 Å². The van der Waals surface area contributed by atoms with E-state index in [-0.39, 0.29) is 5.92 Å². The van der Waals surface area contributed by atoms with E-state index >= 15 is 0 Å². The first-order valence-corrected chi connectivity index (χ1v) is 7.62. The lowest BCUT2D eigenvalue weighted by atomic mass is 9.90. The molecule has 0 aromatic heterocycles. The molecule has 0 radical (unpaired) electrons. The molecule has 1 heterocycles. The molecule has 1 atom stereocenters. The van der Waals surface area contributed by atoms with E-state index in [4.69, 9.17) is 0 Å². The van der Waals surface area contributed by atoms with Crippen LogP contribution in [0.2, 0.25) is 0 Å². The Bertz CT molecular complexity index is 278. The Balaban J connectivity index is 1.73. The molecule has 2 rings (SSSR count). The molecule has 0 bridgehead atoms. The summed E-state index contributed by atoms with van der Waals surface area (Å²) in [5, 5.41) is 3.73. The van der Waals surface area contributed by atoms with Gasteiger partial charge in [-0.15, -0.1) is 0 Å². The molecule has 1 amide bonds. The van der Waals surface area contributed by atoms with E-state index in [0.29, 0.717) is 17.9 Å². The van der Waals surface area contributed by atoms with Gasteiger partial charge in [0, 0.05) is 31.1 Å². The highest BCUT2D eigenvalue weighted by atomic mass is 16.2. The lowest BCUT2D eigenvalue weighted by Crippen LogP contribution is -2.50. The van der Waals surface area contributed by atoms with Crippen LogP contribution >= 0.6 is 0 Å². The van der Waals surface area contributed by atoms with E-state index in [0.717, 1.165) is 32.0 Å². The van der Waals surface area contributed by atoms with E-state index in [2.05, 4.69) is 31.0 Å². The van der Waals surface area contributed by atoms with Gasteiger partial charge in [0.15, 0.2) is 0 Å². The van der Waals surface area contributed by atoms with Crippen molar-refractivity contribution in [2.45, 2.75) is 65.0 Å². The first-order chi connectivity index (χ1) is 8.58. The van der Waals surface area contributed by atoms with Gasteiger partial charge in [0.1, 0.15) is 0 Å². The highest BCUT2D eigenvalue weighted by molar-refractivity contribution is 5.78. The van der Waals surface area contributed by atoms with Gasteiger partial charge in [-0.1, -0.05) is 27.2 Å². The smallest absolute Gasteiger partial charge is 0.225 e. The summed E-state index contributed by atoms with van der Waals surface area (Å²) in [5.41, 5.74) is 0. The zero-order chi connectivity index (χ0) is 13.1. The Morgan fingerprint density at radius 2 is 1.61 bits per heavy atom. The van der Waals surface area contributed by atoms with Crippen LogP contribution in [0.3, 0.4) is 0 Å². The van der Waals surface area contributed by atoms with Gasteiger partial charge >= 0.3 is 0 Å². The van der Waals surface area contributed by atoms with Crippen molar-refractivity contribution in [3.05, 3.63) is 0 Å². The Labute approximate surface area is 111 Å². The molecule has 1 aliphatic heterocycles. The quantitative estimate of drug-likeness (QED) is 0.833. The number of nitrogens with zero attached hydrogens (tertiary/aromatic N) is 1. The van der Waals surface area contributed by atoms with Gasteiger partial charge in [-0.25, -0.2) is 0 Å². The zero-order valence-electron chi connectivity index (χ0n) is 12.1. The second-order valence-corrected chi connectivity index (χ2v) is 6.43. The van der Waals surface area contributed by atoms with Crippen molar-refractivity contribution in [2.24, 2.45) is 11.8 Å². The van der Waals surface area contributed by atoms with Crippen LogP contribution in [0.5, 0.6) is 0 Å². The van der Waals surface area contributed by atoms with Crippen molar-refractivity contribution in [1.82, 2.24) is 10.2 Å². The molecule has 2 fully saturated rings. The predicted octanol–water partition coefficient (Wildman–Crippen LogP) is 2.41. The number of hydrogen-bond donors (Lipinski definition) is 1. The molecule has 1 unspecified atom stereocenters. The van der Waals surface area contributed by atoms with Crippen LogP contribution < -0.4 is 5.32 Å². The first-order valence-electron chi connectivity index (χ1n) is 7.62. The maximum atomic E-state index is 12.2. The van der Waals surface area contributed by atoms with Gasteiger partial charge in [-0.3, -0.25) is 4.79 Å². The van der Waals surface area contributed by atoms with E-state index in [1.165, 1.54) is 19.3 Å². The molecule has 0 aromatic carbocycles. The summed E-state index contributed by atoms with van der Waals surface area (Å²) in [5.74, 6) is 0.969. The standard InChI is InChI=1S/C15H28N2O/c1-11(2)12(3)15(18)17-9-7-14(8-10-17)16-13-5-4-6-13/h11-14,16H,4-10H2,1-3H3. The third kappa shape index (κ3) is 3.25. The second-order valence-electron chi connectivity index (χ2n) is 6.43. The molecule has 1 aliphatic carbocycles. The molecule has 0 spiro atoms. The molecule has 2 aliphatic rings. The third-order valence-electron chi connectivity index (χ3n) is 4.77. The highest BCUT2D eigenvalue weighted by Crippen LogP contribution is 2.22. The van der Waals surface area contributed by atoms with Gasteiger partial charge in [-0.05, 0) is 31.6 Å². The Hall–Kier alpha value is -0.570. The molecular weight excluding hydrogens is 224 g/mol. The van der Waals surface area contributed by atoms with Crippen molar-refractivity contribution >= 4 is 5.91 Å². The zero-order valence-corrected chi connectivity index (χ0v) is 12.1. The number of likely N-dealkylation sites (tertiary alicyclic amines) is 1. The molecule has 3 nitrogen and oxygen atoms in total. The number of piperidine rings is 1. The minimum absolute atomic E-state index is 0.168. The number of carbonyl (C=O) groups is 1. The molecule has 3 heteroatoms. The number of carbonyl (C=O) groups excluding carboxylic acids is 1. The van der Waals surface area contributed by atoms with Crippen molar-refractivity contribution in [3.8, 4) is 0 Å². The van der Waals surface area contributed by atoms with Crippen LogP contribution in [0.4, 0.5) is 0 Å². The molecular formula is C15H28N2O. The number of hydrogen-bond acceptors (Lipinski definition) is 2. The van der Waals surface area contributed by atoms with Gasteiger partial charge in [-0.2, -0.15) is 0 Å². The van der Waals surface area contributed by atoms with E-state index in [1.807, 2.05) is 0 Å². The summed E-state index contributed by atoms with van der Waals surface area (Å²) in [4.78, 5) is 14.3. The largest absolute Gasteiger partial charge is 0.342 e. The molecule has 104 valence electrons. The normalized spacial score (nSPS) is 24.1. The summed E-state index contributed by atoms with van der Waals surface area (Å²) in [6.07, 6.45) is 6.36.